The van der Waals surface area contributed by atoms with Gasteiger partial charge < -0.3 is 9.51 Å². The minimum Gasteiger partial charge on any atom is -0.387 e. The predicted molar refractivity (Wildman–Crippen MR) is 64.7 cm³/mol. The summed E-state index contributed by atoms with van der Waals surface area (Å²) in [5, 5.41) is 9.85. The van der Waals surface area contributed by atoms with Crippen LogP contribution in [0, 0.1) is 6.92 Å². The Balaban J connectivity index is 2.75. The monoisotopic (exact) mass is 218 g/mol. The van der Waals surface area contributed by atoms with Gasteiger partial charge in [-0.05, 0) is 37.5 Å². The number of fused-ring (bicyclic) bond motifs is 1. The van der Waals surface area contributed by atoms with E-state index in [2.05, 4.69) is 18.8 Å². The third-order valence-corrected chi connectivity index (χ3v) is 2.79. The highest BCUT2D eigenvalue weighted by Crippen LogP contribution is 2.26. The number of hydrogen-bond donors (Lipinski definition) is 1. The molecule has 2 aromatic rings. The lowest BCUT2D eigenvalue weighted by Gasteiger charge is -2.09. The average molecular weight is 218 g/mol. The quantitative estimate of drug-likeness (QED) is 0.841. The molecule has 2 aromatic heterocycles. The molecule has 0 bridgehead atoms. The minimum atomic E-state index is -0.491. The first-order chi connectivity index (χ1) is 7.50. The summed E-state index contributed by atoms with van der Waals surface area (Å²) >= 11 is 0. The number of hydrogen-bond acceptors (Lipinski definition) is 2. The van der Waals surface area contributed by atoms with Gasteiger partial charge in [0.25, 0.3) is 0 Å². The fourth-order valence-corrected chi connectivity index (χ4v) is 2.02. The maximum absolute atomic E-state index is 9.85. The van der Waals surface area contributed by atoms with Crippen LogP contribution in [0.25, 0.3) is 5.65 Å². The molecule has 0 aliphatic carbocycles. The van der Waals surface area contributed by atoms with Crippen LogP contribution in [0.3, 0.4) is 0 Å². The van der Waals surface area contributed by atoms with Crippen LogP contribution in [0.5, 0.6) is 0 Å². The fourth-order valence-electron chi connectivity index (χ4n) is 2.02. The topological polar surface area (TPSA) is 37.5 Å². The number of pyridine rings is 1. The molecule has 1 unspecified atom stereocenters. The van der Waals surface area contributed by atoms with E-state index in [1.807, 2.05) is 29.7 Å². The van der Waals surface area contributed by atoms with Crippen LogP contribution < -0.4 is 0 Å². The van der Waals surface area contributed by atoms with Crippen molar-refractivity contribution in [1.29, 1.82) is 0 Å². The van der Waals surface area contributed by atoms with Crippen molar-refractivity contribution in [2.75, 3.05) is 0 Å². The SMILES string of the molecule is Cc1ccn2c(C(C)O)c(C(C)C)nc2c1. The van der Waals surface area contributed by atoms with E-state index in [0.717, 1.165) is 17.0 Å². The number of aryl methyl sites for hydroxylation is 1. The Hall–Kier alpha value is -1.35. The van der Waals surface area contributed by atoms with Crippen LogP contribution in [-0.4, -0.2) is 14.5 Å². The van der Waals surface area contributed by atoms with Crippen molar-refractivity contribution < 1.29 is 5.11 Å². The van der Waals surface area contributed by atoms with Crippen molar-refractivity contribution in [3.8, 4) is 0 Å². The van der Waals surface area contributed by atoms with Crippen LogP contribution >= 0.6 is 0 Å². The van der Waals surface area contributed by atoms with Gasteiger partial charge in [-0.15, -0.1) is 0 Å². The summed E-state index contributed by atoms with van der Waals surface area (Å²) in [6.07, 6.45) is 1.49. The zero-order valence-corrected chi connectivity index (χ0v) is 10.2. The van der Waals surface area contributed by atoms with Gasteiger partial charge in [0.15, 0.2) is 0 Å². The van der Waals surface area contributed by atoms with Gasteiger partial charge in [-0.25, -0.2) is 4.98 Å². The first-order valence-electron chi connectivity index (χ1n) is 5.67. The molecule has 86 valence electrons. The molecule has 1 atom stereocenters. The van der Waals surface area contributed by atoms with Gasteiger partial charge in [0.2, 0.25) is 0 Å². The van der Waals surface area contributed by atoms with E-state index in [1.54, 1.807) is 6.92 Å². The third kappa shape index (κ3) is 1.71. The largest absolute Gasteiger partial charge is 0.387 e. The molecule has 0 saturated carbocycles. The predicted octanol–water partition coefficient (Wildman–Crippen LogP) is 2.82. The molecular formula is C13H18N2O. The standard InChI is InChI=1S/C13H18N2O/c1-8(2)12-13(10(4)16)15-6-5-9(3)7-11(15)14-12/h5-8,10,16H,1-4H3. The molecule has 0 amide bonds. The Bertz CT molecular complexity index is 512. The number of aromatic nitrogens is 2. The molecule has 0 aliphatic rings. The molecule has 0 fully saturated rings. The van der Waals surface area contributed by atoms with Crippen LogP contribution in [0.1, 0.15) is 49.7 Å². The molecule has 1 N–H and O–H groups in total. The summed E-state index contributed by atoms with van der Waals surface area (Å²) in [6, 6.07) is 4.07. The first-order valence-corrected chi connectivity index (χ1v) is 5.67. The molecule has 0 aliphatic heterocycles. The minimum absolute atomic E-state index is 0.324. The van der Waals surface area contributed by atoms with Crippen molar-refractivity contribution in [2.24, 2.45) is 0 Å². The van der Waals surface area contributed by atoms with E-state index < -0.39 is 6.10 Å². The molecule has 2 rings (SSSR count). The zero-order chi connectivity index (χ0) is 11.9. The number of imidazole rings is 1. The Kier molecular flexibility index (Phi) is 2.72. The van der Waals surface area contributed by atoms with E-state index in [9.17, 15) is 5.11 Å². The second-order valence-corrected chi connectivity index (χ2v) is 4.65. The molecule has 16 heavy (non-hydrogen) atoms. The van der Waals surface area contributed by atoms with Crippen LogP contribution in [-0.2, 0) is 0 Å². The second-order valence-electron chi connectivity index (χ2n) is 4.65. The summed E-state index contributed by atoms with van der Waals surface area (Å²) in [4.78, 5) is 4.60. The molecule has 2 heterocycles. The van der Waals surface area contributed by atoms with Crippen LogP contribution in [0.2, 0.25) is 0 Å². The maximum Gasteiger partial charge on any atom is 0.137 e. The van der Waals surface area contributed by atoms with Gasteiger partial charge in [-0.3, -0.25) is 0 Å². The maximum atomic E-state index is 9.85. The zero-order valence-electron chi connectivity index (χ0n) is 10.2. The molecular weight excluding hydrogens is 200 g/mol. The van der Waals surface area contributed by atoms with Gasteiger partial charge >= 0.3 is 0 Å². The summed E-state index contributed by atoms with van der Waals surface area (Å²) in [5.41, 5.74) is 4.00. The van der Waals surface area contributed by atoms with Crippen molar-refractivity contribution in [3.63, 3.8) is 0 Å². The number of rotatable bonds is 2. The highest BCUT2D eigenvalue weighted by Gasteiger charge is 2.18. The van der Waals surface area contributed by atoms with E-state index in [1.165, 1.54) is 5.56 Å². The van der Waals surface area contributed by atoms with E-state index in [0.29, 0.717) is 5.92 Å². The summed E-state index contributed by atoms with van der Waals surface area (Å²) < 4.78 is 1.98. The van der Waals surface area contributed by atoms with Gasteiger partial charge in [0.05, 0.1) is 17.5 Å². The lowest BCUT2D eigenvalue weighted by atomic mass is 10.1. The highest BCUT2D eigenvalue weighted by molar-refractivity contribution is 5.46. The van der Waals surface area contributed by atoms with Gasteiger partial charge in [-0.2, -0.15) is 0 Å². The van der Waals surface area contributed by atoms with Crippen LogP contribution in [0.4, 0.5) is 0 Å². The van der Waals surface area contributed by atoms with E-state index in [4.69, 9.17) is 0 Å². The van der Waals surface area contributed by atoms with Crippen molar-refractivity contribution in [2.45, 2.75) is 39.7 Å². The number of aliphatic hydroxyl groups excluding tert-OH is 1. The van der Waals surface area contributed by atoms with Gasteiger partial charge in [-0.1, -0.05) is 13.8 Å². The first kappa shape index (κ1) is 11.1. The molecule has 3 heteroatoms. The fraction of sp³-hybridized carbons (Fsp3) is 0.462. The van der Waals surface area contributed by atoms with Crippen molar-refractivity contribution in [3.05, 3.63) is 35.3 Å². The van der Waals surface area contributed by atoms with Crippen molar-refractivity contribution >= 4 is 5.65 Å². The highest BCUT2D eigenvalue weighted by atomic mass is 16.3. The Morgan fingerprint density at radius 1 is 1.31 bits per heavy atom. The van der Waals surface area contributed by atoms with Gasteiger partial charge in [0, 0.05) is 6.20 Å². The Labute approximate surface area is 95.8 Å². The lowest BCUT2D eigenvalue weighted by Crippen LogP contribution is -2.02. The number of nitrogens with zero attached hydrogens (tertiary/aromatic N) is 2. The third-order valence-electron chi connectivity index (χ3n) is 2.79. The van der Waals surface area contributed by atoms with Crippen LogP contribution in [0.15, 0.2) is 18.3 Å². The number of aliphatic hydroxyl groups is 1. The molecule has 0 spiro atoms. The van der Waals surface area contributed by atoms with E-state index in [-0.39, 0.29) is 0 Å². The summed E-state index contributed by atoms with van der Waals surface area (Å²) in [6.45, 7) is 8.03. The Morgan fingerprint density at radius 2 is 2.00 bits per heavy atom. The normalized spacial score (nSPS) is 13.6. The van der Waals surface area contributed by atoms with Gasteiger partial charge in [0.1, 0.15) is 5.65 Å². The summed E-state index contributed by atoms with van der Waals surface area (Å²) in [7, 11) is 0. The molecule has 0 radical (unpaired) electrons. The lowest BCUT2D eigenvalue weighted by molar-refractivity contribution is 0.191. The molecule has 0 aromatic carbocycles. The Morgan fingerprint density at radius 3 is 2.56 bits per heavy atom. The average Bonchev–Trinajstić information content (AvgIpc) is 2.55. The van der Waals surface area contributed by atoms with E-state index >= 15 is 0 Å². The second kappa shape index (κ2) is 3.91. The smallest absolute Gasteiger partial charge is 0.137 e. The molecule has 0 saturated heterocycles. The molecule has 3 nitrogen and oxygen atoms in total. The summed E-state index contributed by atoms with van der Waals surface area (Å²) in [5.74, 6) is 0.324. The van der Waals surface area contributed by atoms with Crippen molar-refractivity contribution in [1.82, 2.24) is 9.38 Å².